The predicted molar refractivity (Wildman–Crippen MR) is 113 cm³/mol. The zero-order valence-electron chi connectivity index (χ0n) is 17.6. The van der Waals surface area contributed by atoms with Gasteiger partial charge in [0.25, 0.3) is 0 Å². The van der Waals surface area contributed by atoms with E-state index in [0.29, 0.717) is 5.96 Å². The van der Waals surface area contributed by atoms with Gasteiger partial charge in [-0.05, 0) is 38.0 Å². The van der Waals surface area contributed by atoms with Gasteiger partial charge < -0.3 is 20.5 Å². The van der Waals surface area contributed by atoms with E-state index in [1.165, 1.54) is 0 Å². The van der Waals surface area contributed by atoms with Crippen molar-refractivity contribution < 1.29 is 9.84 Å². The molecule has 3 rings (SSSR count). The molecule has 0 amide bonds. The quantitative estimate of drug-likeness (QED) is 0.459. The number of aliphatic hydroxyl groups is 1. The Kier molecular flexibility index (Phi) is 7.46. The smallest absolute Gasteiger partial charge is 0.191 e. The molecule has 0 saturated heterocycles. The Morgan fingerprint density at radius 3 is 3.03 bits per heavy atom. The van der Waals surface area contributed by atoms with E-state index >= 15 is 0 Å². The van der Waals surface area contributed by atoms with Crippen LogP contribution in [-0.2, 0) is 19.4 Å². The minimum atomic E-state index is -0.675. The zero-order valence-corrected chi connectivity index (χ0v) is 17.6. The first kappa shape index (κ1) is 21.1. The lowest BCUT2D eigenvalue weighted by atomic mass is 10.1. The molecule has 2 atom stereocenters. The van der Waals surface area contributed by atoms with Crippen molar-refractivity contribution in [3.8, 4) is 5.75 Å². The molecule has 158 valence electrons. The van der Waals surface area contributed by atoms with Crippen LogP contribution in [0.1, 0.15) is 37.5 Å². The summed E-state index contributed by atoms with van der Waals surface area (Å²) in [6.45, 7) is 8.10. The van der Waals surface area contributed by atoms with E-state index in [1.807, 2.05) is 42.8 Å². The van der Waals surface area contributed by atoms with Crippen molar-refractivity contribution in [2.24, 2.45) is 4.99 Å². The number of hydrogen-bond acceptors (Lipinski definition) is 5. The molecule has 0 bridgehead atoms. The van der Waals surface area contributed by atoms with Crippen LogP contribution in [0.15, 0.2) is 29.3 Å². The lowest BCUT2D eigenvalue weighted by molar-refractivity contribution is 0.114. The first-order valence-electron chi connectivity index (χ1n) is 10.4. The summed E-state index contributed by atoms with van der Waals surface area (Å²) in [6.07, 6.45) is 2.05. The molecular formula is C21H32N6O2. The van der Waals surface area contributed by atoms with Gasteiger partial charge in [0, 0.05) is 25.4 Å². The molecule has 8 heteroatoms. The van der Waals surface area contributed by atoms with Crippen molar-refractivity contribution in [3.05, 3.63) is 41.5 Å². The first-order valence-corrected chi connectivity index (χ1v) is 10.4. The van der Waals surface area contributed by atoms with Crippen molar-refractivity contribution in [2.45, 2.75) is 58.7 Å². The molecule has 2 unspecified atom stereocenters. The van der Waals surface area contributed by atoms with Crippen molar-refractivity contribution in [2.75, 3.05) is 19.7 Å². The van der Waals surface area contributed by atoms with Crippen LogP contribution in [0, 0.1) is 6.92 Å². The van der Waals surface area contributed by atoms with Gasteiger partial charge in [0.2, 0.25) is 0 Å². The first-order chi connectivity index (χ1) is 14.1. The highest BCUT2D eigenvalue weighted by atomic mass is 16.5. The van der Waals surface area contributed by atoms with Gasteiger partial charge in [-0.3, -0.25) is 4.99 Å². The van der Waals surface area contributed by atoms with Crippen LogP contribution in [0.25, 0.3) is 0 Å². The van der Waals surface area contributed by atoms with E-state index in [9.17, 15) is 5.11 Å². The van der Waals surface area contributed by atoms with Gasteiger partial charge >= 0.3 is 0 Å². The van der Waals surface area contributed by atoms with Gasteiger partial charge in [-0.15, -0.1) is 0 Å². The number of aryl methyl sites for hydroxylation is 3. The molecule has 0 aliphatic carbocycles. The summed E-state index contributed by atoms with van der Waals surface area (Å²) in [5.74, 6) is 3.42. The highest BCUT2D eigenvalue weighted by molar-refractivity contribution is 5.80. The van der Waals surface area contributed by atoms with E-state index in [2.05, 4.69) is 32.6 Å². The average Bonchev–Trinajstić information content (AvgIpc) is 3.13. The van der Waals surface area contributed by atoms with Gasteiger partial charge in [-0.2, -0.15) is 5.10 Å². The summed E-state index contributed by atoms with van der Waals surface area (Å²) in [5.41, 5.74) is 1.13. The number of benzene rings is 1. The lowest BCUT2D eigenvalue weighted by Crippen LogP contribution is -2.47. The minimum Gasteiger partial charge on any atom is -0.491 e. The molecule has 3 N–H and O–H groups in total. The number of hydrogen-bond donors (Lipinski definition) is 3. The maximum absolute atomic E-state index is 10.3. The second-order valence-corrected chi connectivity index (χ2v) is 7.36. The number of aromatic nitrogens is 3. The van der Waals surface area contributed by atoms with E-state index in [4.69, 9.17) is 4.74 Å². The Morgan fingerprint density at radius 1 is 1.41 bits per heavy atom. The summed E-state index contributed by atoms with van der Waals surface area (Å²) in [5, 5.41) is 21.5. The SMILES string of the molecule is CCNC(=NCC(O)COc1cccc(C)c1)NC1CCc2nc(CC)nn2C1. The molecular weight excluding hydrogens is 368 g/mol. The van der Waals surface area contributed by atoms with Crippen LogP contribution in [-0.4, -0.2) is 57.7 Å². The van der Waals surface area contributed by atoms with Crippen LogP contribution < -0.4 is 15.4 Å². The zero-order chi connectivity index (χ0) is 20.6. The molecule has 0 saturated carbocycles. The molecule has 1 aliphatic heterocycles. The van der Waals surface area contributed by atoms with E-state index in [0.717, 1.165) is 55.3 Å². The lowest BCUT2D eigenvalue weighted by Gasteiger charge is -2.25. The summed E-state index contributed by atoms with van der Waals surface area (Å²) in [4.78, 5) is 9.09. The molecule has 8 nitrogen and oxygen atoms in total. The summed E-state index contributed by atoms with van der Waals surface area (Å²) in [6, 6.07) is 8.02. The highest BCUT2D eigenvalue weighted by Crippen LogP contribution is 2.14. The molecule has 1 aromatic heterocycles. The maximum Gasteiger partial charge on any atom is 0.191 e. The Hall–Kier alpha value is -2.61. The number of rotatable bonds is 8. The third-order valence-electron chi connectivity index (χ3n) is 4.80. The number of nitrogens with one attached hydrogen (secondary N) is 2. The van der Waals surface area contributed by atoms with Gasteiger partial charge in [0.15, 0.2) is 11.8 Å². The van der Waals surface area contributed by atoms with E-state index in [-0.39, 0.29) is 19.2 Å². The molecule has 0 fully saturated rings. The Morgan fingerprint density at radius 2 is 2.28 bits per heavy atom. The van der Waals surface area contributed by atoms with Crippen LogP contribution in [0.4, 0.5) is 0 Å². The van der Waals surface area contributed by atoms with Crippen LogP contribution in [0.2, 0.25) is 0 Å². The van der Waals surface area contributed by atoms with Crippen molar-refractivity contribution >= 4 is 5.96 Å². The normalized spacial score (nSPS) is 17.5. The average molecular weight is 401 g/mol. The maximum atomic E-state index is 10.3. The third-order valence-corrected chi connectivity index (χ3v) is 4.80. The van der Waals surface area contributed by atoms with Gasteiger partial charge in [0.1, 0.15) is 24.3 Å². The Bertz CT molecular complexity index is 819. The monoisotopic (exact) mass is 400 g/mol. The van der Waals surface area contributed by atoms with Crippen molar-refractivity contribution in [3.63, 3.8) is 0 Å². The van der Waals surface area contributed by atoms with Crippen LogP contribution in [0.5, 0.6) is 5.75 Å². The molecule has 1 aliphatic rings. The van der Waals surface area contributed by atoms with Gasteiger partial charge in [0.05, 0.1) is 13.1 Å². The number of ether oxygens (including phenoxy) is 1. The number of aliphatic hydroxyl groups excluding tert-OH is 1. The molecule has 0 radical (unpaired) electrons. The summed E-state index contributed by atoms with van der Waals surface area (Å²) < 4.78 is 7.66. The van der Waals surface area contributed by atoms with Crippen LogP contribution >= 0.6 is 0 Å². The van der Waals surface area contributed by atoms with Crippen LogP contribution in [0.3, 0.4) is 0 Å². The topological polar surface area (TPSA) is 96.6 Å². The predicted octanol–water partition coefficient (Wildman–Crippen LogP) is 1.46. The summed E-state index contributed by atoms with van der Waals surface area (Å²) >= 11 is 0. The number of guanidine groups is 1. The van der Waals surface area contributed by atoms with E-state index in [1.54, 1.807) is 0 Å². The number of nitrogens with zero attached hydrogens (tertiary/aromatic N) is 4. The molecule has 29 heavy (non-hydrogen) atoms. The van der Waals surface area contributed by atoms with Gasteiger partial charge in [-0.25, -0.2) is 9.67 Å². The molecule has 1 aromatic carbocycles. The van der Waals surface area contributed by atoms with E-state index < -0.39 is 6.10 Å². The molecule has 2 heterocycles. The van der Waals surface area contributed by atoms with Gasteiger partial charge in [-0.1, -0.05) is 19.1 Å². The Labute approximate surface area is 172 Å². The van der Waals surface area contributed by atoms with Crippen molar-refractivity contribution in [1.82, 2.24) is 25.4 Å². The largest absolute Gasteiger partial charge is 0.491 e. The molecule has 0 spiro atoms. The second kappa shape index (κ2) is 10.2. The molecule has 2 aromatic rings. The fraction of sp³-hybridized carbons (Fsp3) is 0.571. The number of fused-ring (bicyclic) bond motifs is 1. The van der Waals surface area contributed by atoms with Crippen molar-refractivity contribution in [1.29, 1.82) is 0 Å². The highest BCUT2D eigenvalue weighted by Gasteiger charge is 2.22. The fourth-order valence-electron chi connectivity index (χ4n) is 3.29. The number of aliphatic imine (C=N–C) groups is 1. The Balaban J connectivity index is 1.51. The standard InChI is InChI=1S/C21H32N6O2/c1-4-19-25-20-10-9-16(13-27(20)26-19)24-21(22-5-2)23-12-17(28)14-29-18-8-6-7-15(3)11-18/h6-8,11,16-17,28H,4-5,9-10,12-14H2,1-3H3,(H2,22,23,24). The summed E-state index contributed by atoms with van der Waals surface area (Å²) in [7, 11) is 0. The fourth-order valence-corrected chi connectivity index (χ4v) is 3.29. The second-order valence-electron chi connectivity index (χ2n) is 7.36. The minimum absolute atomic E-state index is 0.206. The third kappa shape index (κ3) is 6.19.